The zero-order chi connectivity index (χ0) is 18.5. The molecule has 1 heterocycles. The normalized spacial score (nSPS) is 16.9. The van der Waals surface area contributed by atoms with Crippen molar-refractivity contribution in [2.45, 2.75) is 6.10 Å². The number of carbonyl (C=O) groups is 1. The number of rotatable bonds is 4. The van der Waals surface area contributed by atoms with E-state index < -0.39 is 0 Å². The van der Waals surface area contributed by atoms with E-state index in [-0.39, 0.29) is 12.1 Å². The van der Waals surface area contributed by atoms with E-state index in [4.69, 9.17) is 25.8 Å². The molecule has 0 aromatic heterocycles. The molecule has 1 N–H and O–H groups in total. The second-order valence-corrected chi connectivity index (χ2v) is 6.29. The molecule has 2 amide bonds. The largest absolute Gasteiger partial charge is 0.493 e. The molecule has 26 heavy (non-hydrogen) atoms. The van der Waals surface area contributed by atoms with E-state index in [1.165, 1.54) is 0 Å². The molecule has 0 bridgehead atoms. The van der Waals surface area contributed by atoms with Crippen molar-refractivity contribution in [1.82, 2.24) is 4.90 Å². The van der Waals surface area contributed by atoms with Crippen LogP contribution in [-0.4, -0.2) is 44.8 Å². The summed E-state index contributed by atoms with van der Waals surface area (Å²) >= 11 is 5.93. The third-order valence-electron chi connectivity index (χ3n) is 4.23. The topological polar surface area (TPSA) is 60.0 Å². The van der Waals surface area contributed by atoms with Crippen LogP contribution in [-0.2, 0) is 4.74 Å². The van der Waals surface area contributed by atoms with Crippen molar-refractivity contribution < 1.29 is 19.0 Å². The first-order valence-corrected chi connectivity index (χ1v) is 8.63. The van der Waals surface area contributed by atoms with E-state index in [1.807, 2.05) is 24.3 Å². The van der Waals surface area contributed by atoms with Gasteiger partial charge in [-0.15, -0.1) is 0 Å². The zero-order valence-corrected chi connectivity index (χ0v) is 15.5. The number of anilines is 1. The Hall–Kier alpha value is -2.44. The molecule has 0 aliphatic carbocycles. The molecule has 0 spiro atoms. The van der Waals surface area contributed by atoms with Gasteiger partial charge in [0, 0.05) is 23.3 Å². The molecule has 7 heteroatoms. The number of halogens is 1. The number of morpholine rings is 1. The lowest BCUT2D eigenvalue weighted by Crippen LogP contribution is -2.44. The highest BCUT2D eigenvalue weighted by Gasteiger charge is 2.25. The summed E-state index contributed by atoms with van der Waals surface area (Å²) in [5.41, 5.74) is 1.64. The molecule has 0 saturated carbocycles. The van der Waals surface area contributed by atoms with Crippen molar-refractivity contribution >= 4 is 23.3 Å². The summed E-state index contributed by atoms with van der Waals surface area (Å²) in [6, 6.07) is 12.6. The molecule has 2 aromatic carbocycles. The highest BCUT2D eigenvalue weighted by atomic mass is 35.5. The van der Waals surface area contributed by atoms with Gasteiger partial charge in [0.1, 0.15) is 6.10 Å². The molecular formula is C19H21ClN2O4. The number of nitrogens with one attached hydrogen (secondary N) is 1. The molecule has 1 fully saturated rings. The molecule has 1 saturated heterocycles. The van der Waals surface area contributed by atoms with Crippen molar-refractivity contribution in [2.24, 2.45) is 0 Å². The average Bonchev–Trinajstić information content (AvgIpc) is 2.68. The summed E-state index contributed by atoms with van der Waals surface area (Å²) in [5, 5.41) is 3.57. The minimum atomic E-state index is -0.181. The van der Waals surface area contributed by atoms with Crippen LogP contribution in [0.1, 0.15) is 11.7 Å². The molecule has 1 aliphatic rings. The number of hydrogen-bond donors (Lipinski definition) is 1. The highest BCUT2D eigenvalue weighted by molar-refractivity contribution is 6.30. The standard InChI is InChI=1S/C19H21ClN2O4/c1-24-16-8-7-15(11-17(16)25-2)21-19(23)22-9-10-26-18(12-22)13-3-5-14(20)6-4-13/h3-8,11,18H,9-10,12H2,1-2H3,(H,21,23). The summed E-state index contributed by atoms with van der Waals surface area (Å²) in [6.07, 6.45) is -0.169. The first-order chi connectivity index (χ1) is 12.6. The van der Waals surface area contributed by atoms with E-state index >= 15 is 0 Å². The van der Waals surface area contributed by atoms with Crippen LogP contribution in [0, 0.1) is 0 Å². The number of methoxy groups -OCH3 is 2. The van der Waals surface area contributed by atoms with Crippen LogP contribution in [0.15, 0.2) is 42.5 Å². The van der Waals surface area contributed by atoms with Crippen LogP contribution in [0.3, 0.4) is 0 Å². The fraction of sp³-hybridized carbons (Fsp3) is 0.316. The molecule has 6 nitrogen and oxygen atoms in total. The lowest BCUT2D eigenvalue weighted by molar-refractivity contribution is -0.0135. The summed E-state index contributed by atoms with van der Waals surface area (Å²) in [7, 11) is 3.13. The van der Waals surface area contributed by atoms with Crippen LogP contribution in [0.5, 0.6) is 11.5 Å². The van der Waals surface area contributed by atoms with Crippen molar-refractivity contribution in [2.75, 3.05) is 39.2 Å². The van der Waals surface area contributed by atoms with Gasteiger partial charge in [-0.25, -0.2) is 4.79 Å². The number of urea groups is 1. The van der Waals surface area contributed by atoms with E-state index in [2.05, 4.69) is 5.32 Å². The molecule has 1 unspecified atom stereocenters. The van der Waals surface area contributed by atoms with Gasteiger partial charge < -0.3 is 24.4 Å². The Morgan fingerprint density at radius 1 is 1.15 bits per heavy atom. The van der Waals surface area contributed by atoms with Crippen molar-refractivity contribution in [3.8, 4) is 11.5 Å². The monoisotopic (exact) mass is 376 g/mol. The Bertz CT molecular complexity index is 767. The maximum Gasteiger partial charge on any atom is 0.322 e. The Morgan fingerprint density at radius 2 is 1.88 bits per heavy atom. The van der Waals surface area contributed by atoms with Crippen LogP contribution >= 0.6 is 11.6 Å². The predicted molar refractivity (Wildman–Crippen MR) is 100 cm³/mol. The van der Waals surface area contributed by atoms with Gasteiger partial charge in [0.05, 0.1) is 27.4 Å². The van der Waals surface area contributed by atoms with Gasteiger partial charge in [0.15, 0.2) is 11.5 Å². The van der Waals surface area contributed by atoms with Crippen molar-refractivity contribution in [3.05, 3.63) is 53.1 Å². The first-order valence-electron chi connectivity index (χ1n) is 8.25. The fourth-order valence-corrected chi connectivity index (χ4v) is 2.96. The minimum Gasteiger partial charge on any atom is -0.493 e. The van der Waals surface area contributed by atoms with Crippen molar-refractivity contribution in [3.63, 3.8) is 0 Å². The fourth-order valence-electron chi connectivity index (χ4n) is 2.83. The lowest BCUT2D eigenvalue weighted by Gasteiger charge is -2.33. The summed E-state index contributed by atoms with van der Waals surface area (Å²) < 4.78 is 16.3. The molecule has 3 rings (SSSR count). The molecule has 0 radical (unpaired) electrons. The summed E-state index contributed by atoms with van der Waals surface area (Å²) in [4.78, 5) is 14.4. The second kappa shape index (κ2) is 8.29. The maximum absolute atomic E-state index is 12.6. The molecular weight excluding hydrogens is 356 g/mol. The molecule has 138 valence electrons. The number of ether oxygens (including phenoxy) is 3. The van der Waals surface area contributed by atoms with Crippen LogP contribution in [0.2, 0.25) is 5.02 Å². The van der Waals surface area contributed by atoms with Crippen LogP contribution in [0.4, 0.5) is 10.5 Å². The smallest absolute Gasteiger partial charge is 0.322 e. The molecule has 1 aliphatic heterocycles. The van der Waals surface area contributed by atoms with Crippen LogP contribution in [0.25, 0.3) is 0 Å². The predicted octanol–water partition coefficient (Wildman–Crippen LogP) is 3.96. The second-order valence-electron chi connectivity index (χ2n) is 5.86. The van der Waals surface area contributed by atoms with E-state index in [0.717, 1.165) is 5.56 Å². The zero-order valence-electron chi connectivity index (χ0n) is 14.7. The van der Waals surface area contributed by atoms with Gasteiger partial charge in [-0.2, -0.15) is 0 Å². The van der Waals surface area contributed by atoms with Crippen molar-refractivity contribution in [1.29, 1.82) is 0 Å². The molecule has 1 atom stereocenters. The van der Waals surface area contributed by atoms with Gasteiger partial charge in [0.25, 0.3) is 0 Å². The third-order valence-corrected chi connectivity index (χ3v) is 4.48. The summed E-state index contributed by atoms with van der Waals surface area (Å²) in [6.45, 7) is 1.48. The van der Waals surface area contributed by atoms with Gasteiger partial charge in [0.2, 0.25) is 0 Å². The molecule has 2 aromatic rings. The maximum atomic E-state index is 12.6. The van der Waals surface area contributed by atoms with Crippen LogP contribution < -0.4 is 14.8 Å². The Balaban J connectivity index is 1.66. The minimum absolute atomic E-state index is 0.169. The average molecular weight is 377 g/mol. The van der Waals surface area contributed by atoms with E-state index in [9.17, 15) is 4.79 Å². The quantitative estimate of drug-likeness (QED) is 0.877. The number of nitrogens with zero attached hydrogens (tertiary/aromatic N) is 1. The third kappa shape index (κ3) is 4.20. The number of carbonyl (C=O) groups excluding carboxylic acids is 1. The number of benzene rings is 2. The van der Waals surface area contributed by atoms with E-state index in [0.29, 0.717) is 41.9 Å². The Kier molecular flexibility index (Phi) is 5.85. The van der Waals surface area contributed by atoms with Gasteiger partial charge in [-0.3, -0.25) is 0 Å². The van der Waals surface area contributed by atoms with Gasteiger partial charge >= 0.3 is 6.03 Å². The summed E-state index contributed by atoms with van der Waals surface area (Å²) in [5.74, 6) is 1.17. The Labute approximate surface area is 157 Å². The highest BCUT2D eigenvalue weighted by Crippen LogP contribution is 2.30. The number of amides is 2. The Morgan fingerprint density at radius 3 is 2.58 bits per heavy atom. The number of hydrogen-bond acceptors (Lipinski definition) is 4. The van der Waals surface area contributed by atoms with Gasteiger partial charge in [-0.1, -0.05) is 23.7 Å². The lowest BCUT2D eigenvalue weighted by atomic mass is 10.1. The van der Waals surface area contributed by atoms with Gasteiger partial charge in [-0.05, 0) is 29.8 Å². The first kappa shape index (κ1) is 18.4. The van der Waals surface area contributed by atoms with E-state index in [1.54, 1.807) is 37.3 Å². The SMILES string of the molecule is COc1ccc(NC(=O)N2CCOC(c3ccc(Cl)cc3)C2)cc1OC.